The Morgan fingerprint density at radius 2 is 1.83 bits per heavy atom. The molecule has 0 aliphatic carbocycles. The van der Waals surface area contributed by atoms with Gasteiger partial charge in [-0.1, -0.05) is 42.5 Å². The molecule has 4 nitrogen and oxygen atoms in total. The number of ether oxygens (including phenoxy) is 2. The number of carbonyl (C=O) groups is 1. The van der Waals surface area contributed by atoms with E-state index in [-0.39, 0.29) is 18.1 Å². The van der Waals surface area contributed by atoms with Gasteiger partial charge in [0.05, 0.1) is 6.04 Å². The van der Waals surface area contributed by atoms with Crippen LogP contribution < -0.4 is 14.8 Å². The molecule has 0 saturated heterocycles. The van der Waals surface area contributed by atoms with Crippen molar-refractivity contribution in [3.8, 4) is 11.5 Å². The monoisotopic (exact) mass is 309 g/mol. The summed E-state index contributed by atoms with van der Waals surface area (Å²) in [7, 11) is 0. The molecule has 0 fully saturated rings. The van der Waals surface area contributed by atoms with Crippen LogP contribution in [0.5, 0.6) is 11.5 Å². The molecule has 3 rings (SSSR count). The van der Waals surface area contributed by atoms with Gasteiger partial charge in [0.1, 0.15) is 6.61 Å². The van der Waals surface area contributed by atoms with Crippen molar-refractivity contribution >= 4 is 12.0 Å². The fraction of sp³-hybridized carbons (Fsp3) is 0.211. The van der Waals surface area contributed by atoms with E-state index in [9.17, 15) is 4.79 Å². The lowest BCUT2D eigenvalue weighted by Gasteiger charge is -2.30. The van der Waals surface area contributed by atoms with Gasteiger partial charge in [0.15, 0.2) is 17.6 Å². The van der Waals surface area contributed by atoms with Gasteiger partial charge in [0.2, 0.25) is 5.91 Å². The molecule has 23 heavy (non-hydrogen) atoms. The van der Waals surface area contributed by atoms with Crippen molar-refractivity contribution in [2.75, 3.05) is 6.61 Å². The normalized spacial score (nSPS) is 17.7. The largest absolute Gasteiger partial charge is 0.486 e. The van der Waals surface area contributed by atoms with Gasteiger partial charge in [0, 0.05) is 6.08 Å². The topological polar surface area (TPSA) is 47.6 Å². The number of hydrogen-bond donors (Lipinski definition) is 1. The molecule has 118 valence electrons. The summed E-state index contributed by atoms with van der Waals surface area (Å²) in [6, 6.07) is 17.1. The van der Waals surface area contributed by atoms with Crippen LogP contribution in [0, 0.1) is 0 Å². The lowest BCUT2D eigenvalue weighted by atomic mass is 10.1. The van der Waals surface area contributed by atoms with Crippen LogP contribution in [-0.2, 0) is 4.79 Å². The summed E-state index contributed by atoms with van der Waals surface area (Å²) in [6.07, 6.45) is 3.11. The van der Waals surface area contributed by atoms with Crippen molar-refractivity contribution in [1.82, 2.24) is 5.32 Å². The van der Waals surface area contributed by atoms with Gasteiger partial charge in [-0.05, 0) is 30.7 Å². The molecule has 2 aromatic carbocycles. The Balaban J connectivity index is 1.56. The van der Waals surface area contributed by atoms with Crippen molar-refractivity contribution in [2.45, 2.75) is 19.1 Å². The number of nitrogens with one attached hydrogen (secondary N) is 1. The molecule has 1 heterocycles. The summed E-state index contributed by atoms with van der Waals surface area (Å²) in [4.78, 5) is 12.0. The van der Waals surface area contributed by atoms with Crippen LogP contribution in [0.25, 0.3) is 6.08 Å². The average molecular weight is 309 g/mol. The molecular weight excluding hydrogens is 290 g/mol. The van der Waals surface area contributed by atoms with Gasteiger partial charge in [-0.15, -0.1) is 0 Å². The molecule has 1 aliphatic heterocycles. The number of para-hydroxylation sites is 2. The first-order valence-corrected chi connectivity index (χ1v) is 7.64. The van der Waals surface area contributed by atoms with E-state index in [0.29, 0.717) is 12.4 Å². The quantitative estimate of drug-likeness (QED) is 0.883. The summed E-state index contributed by atoms with van der Waals surface area (Å²) in [5.74, 6) is 1.31. The highest BCUT2D eigenvalue weighted by Crippen LogP contribution is 2.31. The average Bonchev–Trinajstić information content (AvgIpc) is 2.60. The van der Waals surface area contributed by atoms with Crippen LogP contribution in [0.1, 0.15) is 12.5 Å². The van der Waals surface area contributed by atoms with E-state index in [1.807, 2.05) is 61.5 Å². The van der Waals surface area contributed by atoms with Gasteiger partial charge in [0.25, 0.3) is 0 Å². The third-order valence-corrected chi connectivity index (χ3v) is 3.68. The second-order valence-electron chi connectivity index (χ2n) is 5.46. The zero-order valence-electron chi connectivity index (χ0n) is 12.9. The predicted octanol–water partition coefficient (Wildman–Crippen LogP) is 3.04. The Morgan fingerprint density at radius 3 is 2.61 bits per heavy atom. The van der Waals surface area contributed by atoms with Crippen LogP contribution in [0.3, 0.4) is 0 Å². The van der Waals surface area contributed by atoms with Gasteiger partial charge in [-0.2, -0.15) is 0 Å². The van der Waals surface area contributed by atoms with Crippen molar-refractivity contribution in [1.29, 1.82) is 0 Å². The predicted molar refractivity (Wildman–Crippen MR) is 89.4 cm³/mol. The van der Waals surface area contributed by atoms with Crippen LogP contribution in [-0.4, -0.2) is 24.7 Å². The molecule has 2 aromatic rings. The second kappa shape index (κ2) is 7.01. The number of carbonyl (C=O) groups excluding carboxylic acids is 1. The van der Waals surface area contributed by atoms with Gasteiger partial charge in [-0.3, -0.25) is 4.79 Å². The van der Waals surface area contributed by atoms with Gasteiger partial charge in [-0.25, -0.2) is 0 Å². The second-order valence-corrected chi connectivity index (χ2v) is 5.46. The number of rotatable bonds is 4. The molecular formula is C19H19NO3. The summed E-state index contributed by atoms with van der Waals surface area (Å²) < 4.78 is 11.6. The number of hydrogen-bond acceptors (Lipinski definition) is 3. The smallest absolute Gasteiger partial charge is 0.244 e. The van der Waals surface area contributed by atoms with Crippen molar-refractivity contribution in [3.63, 3.8) is 0 Å². The number of fused-ring (bicyclic) bond motifs is 1. The van der Waals surface area contributed by atoms with Crippen LogP contribution in [0.15, 0.2) is 60.7 Å². The lowest BCUT2D eigenvalue weighted by Crippen LogP contribution is -2.47. The maximum atomic E-state index is 12.0. The Kier molecular flexibility index (Phi) is 4.62. The van der Waals surface area contributed by atoms with Crippen LogP contribution in [0.4, 0.5) is 0 Å². The summed E-state index contributed by atoms with van der Waals surface area (Å²) in [5, 5.41) is 2.92. The molecule has 0 radical (unpaired) electrons. The van der Waals surface area contributed by atoms with E-state index in [1.54, 1.807) is 6.08 Å². The van der Waals surface area contributed by atoms with E-state index in [0.717, 1.165) is 11.3 Å². The molecule has 4 heteroatoms. The summed E-state index contributed by atoms with van der Waals surface area (Å²) >= 11 is 0. The first kappa shape index (κ1) is 15.2. The number of amides is 1. The first-order chi connectivity index (χ1) is 11.2. The first-order valence-electron chi connectivity index (χ1n) is 7.64. The summed E-state index contributed by atoms with van der Waals surface area (Å²) in [6.45, 7) is 2.33. The maximum absolute atomic E-state index is 12.0. The minimum absolute atomic E-state index is 0.149. The molecule has 0 bridgehead atoms. The highest BCUT2D eigenvalue weighted by Gasteiger charge is 2.26. The van der Waals surface area contributed by atoms with E-state index < -0.39 is 0 Å². The molecule has 0 unspecified atom stereocenters. The Hall–Kier alpha value is -2.75. The molecule has 1 amide bonds. The SMILES string of the molecule is C[C@@H](NC(=O)C=Cc1ccccc1)[C@@H]1COc2ccccc2O1. The van der Waals surface area contributed by atoms with Crippen LogP contribution >= 0.6 is 0 Å². The van der Waals surface area contributed by atoms with Crippen molar-refractivity contribution in [3.05, 3.63) is 66.2 Å². The third kappa shape index (κ3) is 3.92. The molecule has 1 N–H and O–H groups in total. The zero-order chi connectivity index (χ0) is 16.1. The Labute approximate surface area is 135 Å². The van der Waals surface area contributed by atoms with Crippen LogP contribution in [0.2, 0.25) is 0 Å². The highest BCUT2D eigenvalue weighted by molar-refractivity contribution is 5.91. The highest BCUT2D eigenvalue weighted by atomic mass is 16.6. The van der Waals surface area contributed by atoms with E-state index in [4.69, 9.17) is 9.47 Å². The molecule has 0 saturated carbocycles. The van der Waals surface area contributed by atoms with Gasteiger partial charge < -0.3 is 14.8 Å². The molecule has 1 aliphatic rings. The van der Waals surface area contributed by atoms with Crippen molar-refractivity contribution < 1.29 is 14.3 Å². The fourth-order valence-electron chi connectivity index (χ4n) is 2.38. The molecule has 0 spiro atoms. The Bertz CT molecular complexity index is 697. The summed E-state index contributed by atoms with van der Waals surface area (Å²) in [5.41, 5.74) is 0.987. The lowest BCUT2D eigenvalue weighted by molar-refractivity contribution is -0.117. The maximum Gasteiger partial charge on any atom is 0.244 e. The van der Waals surface area contributed by atoms with E-state index in [2.05, 4.69) is 5.32 Å². The minimum Gasteiger partial charge on any atom is -0.486 e. The minimum atomic E-state index is -0.209. The third-order valence-electron chi connectivity index (χ3n) is 3.68. The molecule has 2 atom stereocenters. The number of benzene rings is 2. The Morgan fingerprint density at radius 1 is 1.13 bits per heavy atom. The van der Waals surface area contributed by atoms with Gasteiger partial charge >= 0.3 is 0 Å². The molecule has 0 aromatic heterocycles. The van der Waals surface area contributed by atoms with Crippen molar-refractivity contribution in [2.24, 2.45) is 0 Å². The zero-order valence-corrected chi connectivity index (χ0v) is 12.9. The fourth-order valence-corrected chi connectivity index (χ4v) is 2.38. The van der Waals surface area contributed by atoms with E-state index in [1.165, 1.54) is 6.08 Å². The van der Waals surface area contributed by atoms with E-state index >= 15 is 0 Å². The standard InChI is InChI=1S/C19H19NO3/c1-14(18-13-22-16-9-5-6-10-17(16)23-18)20-19(21)12-11-15-7-3-2-4-8-15/h2-12,14,18H,13H2,1H3,(H,20,21)/t14-,18+/m1/s1.